The van der Waals surface area contributed by atoms with Crippen molar-refractivity contribution in [2.24, 2.45) is 23.7 Å². The maximum atomic E-state index is 13.4. The molecule has 7 heteroatoms. The van der Waals surface area contributed by atoms with Crippen LogP contribution in [0.2, 0.25) is 0 Å². The second kappa shape index (κ2) is 10.1. The van der Waals surface area contributed by atoms with E-state index >= 15 is 0 Å². The Labute approximate surface area is 208 Å². The fourth-order valence-electron chi connectivity index (χ4n) is 5.02. The maximum Gasteiger partial charge on any atom is 0.233 e. The Balaban J connectivity index is 1.50. The van der Waals surface area contributed by atoms with E-state index in [9.17, 15) is 14.4 Å². The lowest BCUT2D eigenvalue weighted by molar-refractivity contribution is -0.140. The minimum Gasteiger partial charge on any atom is -0.493 e. The summed E-state index contributed by atoms with van der Waals surface area (Å²) in [5, 5.41) is 0. The molecule has 0 radical (unpaired) electrons. The smallest absolute Gasteiger partial charge is 0.233 e. The second-order valence-electron chi connectivity index (χ2n) is 8.86. The van der Waals surface area contributed by atoms with Crippen LogP contribution in [0.1, 0.15) is 29.3 Å². The highest BCUT2D eigenvalue weighted by Gasteiger charge is 2.53. The number of halogens is 1. The van der Waals surface area contributed by atoms with Crippen molar-refractivity contribution in [3.8, 4) is 11.5 Å². The van der Waals surface area contributed by atoms with Gasteiger partial charge in [0.25, 0.3) is 0 Å². The van der Waals surface area contributed by atoms with Crippen LogP contribution in [0.4, 0.5) is 0 Å². The summed E-state index contributed by atoms with van der Waals surface area (Å²) >= 11 is 3.40. The van der Waals surface area contributed by atoms with Crippen molar-refractivity contribution in [3.05, 3.63) is 70.2 Å². The van der Waals surface area contributed by atoms with E-state index < -0.39 is 11.8 Å². The molecule has 1 fully saturated rings. The lowest BCUT2D eigenvalue weighted by Gasteiger charge is -2.29. The fourth-order valence-corrected chi connectivity index (χ4v) is 5.42. The summed E-state index contributed by atoms with van der Waals surface area (Å²) in [6, 6.07) is 12.8. The number of Topliss-reactive ketones (excluding diaryl/α,β-unsaturated/α-hetero) is 1. The van der Waals surface area contributed by atoms with Crippen molar-refractivity contribution in [1.29, 1.82) is 0 Å². The molecule has 0 aromatic heterocycles. The van der Waals surface area contributed by atoms with Gasteiger partial charge in [-0.05, 0) is 48.1 Å². The molecule has 1 heterocycles. The zero-order valence-electron chi connectivity index (χ0n) is 19.5. The van der Waals surface area contributed by atoms with Crippen LogP contribution in [-0.2, 0) is 16.0 Å². The van der Waals surface area contributed by atoms with E-state index in [1.807, 2.05) is 49.4 Å². The van der Waals surface area contributed by atoms with E-state index in [2.05, 4.69) is 15.9 Å². The number of ketones is 1. The molecular formula is C27H28BrNO5. The minimum absolute atomic E-state index is 0.0340. The van der Waals surface area contributed by atoms with Crippen LogP contribution < -0.4 is 9.47 Å². The Hall–Kier alpha value is -2.93. The van der Waals surface area contributed by atoms with Gasteiger partial charge in [0.05, 0.1) is 26.1 Å². The van der Waals surface area contributed by atoms with E-state index in [1.165, 1.54) is 4.90 Å². The van der Waals surface area contributed by atoms with Crippen LogP contribution in [0.25, 0.3) is 0 Å². The summed E-state index contributed by atoms with van der Waals surface area (Å²) in [5.74, 6) is -0.406. The molecule has 6 nitrogen and oxygen atoms in total. The van der Waals surface area contributed by atoms with E-state index in [0.717, 1.165) is 10.0 Å². The molecule has 2 aromatic carbocycles. The first-order valence-electron chi connectivity index (χ1n) is 11.4. The van der Waals surface area contributed by atoms with Gasteiger partial charge in [0, 0.05) is 23.0 Å². The van der Waals surface area contributed by atoms with Crippen molar-refractivity contribution in [2.45, 2.75) is 19.8 Å². The third-order valence-electron chi connectivity index (χ3n) is 6.82. The molecule has 2 unspecified atom stereocenters. The molecule has 0 N–H and O–H groups in total. The third-order valence-corrected chi connectivity index (χ3v) is 7.31. The Bertz CT molecular complexity index is 1140. The summed E-state index contributed by atoms with van der Waals surface area (Å²) in [6.07, 6.45) is 4.64. The van der Waals surface area contributed by atoms with E-state index in [4.69, 9.17) is 9.47 Å². The Morgan fingerprint density at radius 3 is 2.41 bits per heavy atom. The zero-order valence-corrected chi connectivity index (χ0v) is 21.1. The lowest BCUT2D eigenvalue weighted by atomic mass is 9.70. The number of likely N-dealkylation sites (tertiary alicyclic amines) is 1. The highest BCUT2D eigenvalue weighted by Crippen LogP contribution is 2.43. The average Bonchev–Trinajstić information content (AvgIpc) is 3.09. The predicted octanol–water partition coefficient (Wildman–Crippen LogP) is 4.71. The van der Waals surface area contributed by atoms with Gasteiger partial charge in [-0.1, -0.05) is 53.2 Å². The first kappa shape index (κ1) is 24.2. The Kier molecular flexibility index (Phi) is 7.22. The van der Waals surface area contributed by atoms with E-state index in [0.29, 0.717) is 30.0 Å². The monoisotopic (exact) mass is 525 g/mol. The molecule has 0 spiro atoms. The first-order chi connectivity index (χ1) is 16.3. The van der Waals surface area contributed by atoms with Gasteiger partial charge >= 0.3 is 0 Å². The molecule has 2 aliphatic rings. The maximum absolute atomic E-state index is 13.4. The SMILES string of the molecule is COc1ccc(CCN2C(=O)C3C(C2=O)[C@@H](CC(=O)c2cccc(Br)c2)C=C[C@H]3C)cc1OC. The van der Waals surface area contributed by atoms with Crippen LogP contribution >= 0.6 is 15.9 Å². The highest BCUT2D eigenvalue weighted by molar-refractivity contribution is 9.10. The molecule has 34 heavy (non-hydrogen) atoms. The average molecular weight is 526 g/mol. The fraction of sp³-hybridized carbons (Fsp3) is 0.370. The molecule has 2 aromatic rings. The number of fused-ring (bicyclic) bond motifs is 1. The predicted molar refractivity (Wildman–Crippen MR) is 132 cm³/mol. The van der Waals surface area contributed by atoms with Crippen LogP contribution in [0.5, 0.6) is 11.5 Å². The van der Waals surface area contributed by atoms with Crippen LogP contribution in [0.15, 0.2) is 59.1 Å². The third kappa shape index (κ3) is 4.67. The van der Waals surface area contributed by atoms with Crippen LogP contribution in [-0.4, -0.2) is 43.3 Å². The molecule has 4 atom stereocenters. The van der Waals surface area contributed by atoms with Gasteiger partial charge in [0.2, 0.25) is 11.8 Å². The zero-order chi connectivity index (χ0) is 24.4. The van der Waals surface area contributed by atoms with Gasteiger partial charge in [-0.15, -0.1) is 0 Å². The van der Waals surface area contributed by atoms with Crippen molar-refractivity contribution in [3.63, 3.8) is 0 Å². The van der Waals surface area contributed by atoms with Gasteiger partial charge in [-0.3, -0.25) is 19.3 Å². The number of ether oxygens (including phenoxy) is 2. The molecule has 2 amide bonds. The number of nitrogens with zero attached hydrogens (tertiary/aromatic N) is 1. The summed E-state index contributed by atoms with van der Waals surface area (Å²) in [7, 11) is 3.15. The summed E-state index contributed by atoms with van der Waals surface area (Å²) in [6.45, 7) is 2.25. The standard InChI is InChI=1S/C27H28BrNO5/c1-16-7-9-19(15-21(30)18-5-4-6-20(28)14-18)25-24(16)26(31)29(27(25)32)12-11-17-8-10-22(33-2)23(13-17)34-3/h4-10,13-14,16,19,24-25H,11-12,15H2,1-3H3/t16-,19-,24?,25?/m1/s1. The molecular weight excluding hydrogens is 498 g/mol. The number of allylic oxidation sites excluding steroid dienone is 2. The van der Waals surface area contributed by atoms with Gasteiger partial charge in [0.15, 0.2) is 17.3 Å². The van der Waals surface area contributed by atoms with Crippen molar-refractivity contribution in [2.75, 3.05) is 20.8 Å². The highest BCUT2D eigenvalue weighted by atomic mass is 79.9. The molecule has 1 aliphatic carbocycles. The number of hydrogen-bond donors (Lipinski definition) is 0. The minimum atomic E-state index is -0.506. The summed E-state index contributed by atoms with van der Waals surface area (Å²) in [4.78, 5) is 41.0. The van der Waals surface area contributed by atoms with E-state index in [1.54, 1.807) is 26.4 Å². The van der Waals surface area contributed by atoms with Crippen molar-refractivity contribution < 1.29 is 23.9 Å². The number of hydrogen-bond acceptors (Lipinski definition) is 5. The number of amides is 2. The van der Waals surface area contributed by atoms with E-state index in [-0.39, 0.29) is 35.9 Å². The lowest BCUT2D eigenvalue weighted by Crippen LogP contribution is -2.34. The largest absolute Gasteiger partial charge is 0.493 e. The first-order valence-corrected chi connectivity index (χ1v) is 12.2. The van der Waals surface area contributed by atoms with Gasteiger partial charge < -0.3 is 9.47 Å². The molecule has 4 rings (SSSR count). The topological polar surface area (TPSA) is 72.9 Å². The summed E-state index contributed by atoms with van der Waals surface area (Å²) < 4.78 is 11.5. The molecule has 0 saturated carbocycles. The Morgan fingerprint density at radius 1 is 0.971 bits per heavy atom. The van der Waals surface area contributed by atoms with Gasteiger partial charge in [-0.25, -0.2) is 0 Å². The quantitative estimate of drug-likeness (QED) is 0.283. The number of benzene rings is 2. The molecule has 1 aliphatic heterocycles. The number of methoxy groups -OCH3 is 2. The van der Waals surface area contributed by atoms with Gasteiger partial charge in [-0.2, -0.15) is 0 Å². The normalized spacial score (nSPS) is 23.7. The summed E-state index contributed by atoms with van der Waals surface area (Å²) in [5.41, 5.74) is 1.54. The van der Waals surface area contributed by atoms with Crippen LogP contribution in [0.3, 0.4) is 0 Å². The van der Waals surface area contributed by atoms with Crippen LogP contribution in [0, 0.1) is 23.7 Å². The van der Waals surface area contributed by atoms with Crippen molar-refractivity contribution >= 4 is 33.5 Å². The molecule has 178 valence electrons. The Morgan fingerprint density at radius 2 is 1.71 bits per heavy atom. The number of carbonyl (C=O) groups is 3. The number of imide groups is 1. The number of rotatable bonds is 8. The van der Waals surface area contributed by atoms with Gasteiger partial charge in [0.1, 0.15) is 0 Å². The van der Waals surface area contributed by atoms with Crippen molar-refractivity contribution in [1.82, 2.24) is 4.90 Å². The number of carbonyl (C=O) groups excluding carboxylic acids is 3. The second-order valence-corrected chi connectivity index (χ2v) is 9.78. The molecule has 0 bridgehead atoms. The molecule has 1 saturated heterocycles.